The Kier molecular flexibility index (Phi) is 5.78. The maximum atomic E-state index is 12.0. The Hall–Kier alpha value is -2.02. The highest BCUT2D eigenvalue weighted by Gasteiger charge is 2.24. The smallest absolute Gasteiger partial charge is 0.347 e. The van der Waals surface area contributed by atoms with Gasteiger partial charge in [-0.2, -0.15) is 0 Å². The molecule has 0 bridgehead atoms. The molecule has 7 heteroatoms. The zero-order valence-electron chi connectivity index (χ0n) is 11.9. The third-order valence-electron chi connectivity index (χ3n) is 2.81. The minimum atomic E-state index is -3.85. The summed E-state index contributed by atoms with van der Waals surface area (Å²) in [5, 5.41) is 18.6. The largest absolute Gasteiger partial charge is 0.504 e. The zero-order valence-corrected chi connectivity index (χ0v) is 12.7. The third kappa shape index (κ3) is 4.49. The van der Waals surface area contributed by atoms with Crippen LogP contribution in [0.2, 0.25) is 0 Å². The van der Waals surface area contributed by atoms with Gasteiger partial charge in [-0.3, -0.25) is 0 Å². The molecular weight excluding hydrogens is 296 g/mol. The molecule has 21 heavy (non-hydrogen) atoms. The fraction of sp³-hybridized carbons (Fsp3) is 0.357. The highest BCUT2D eigenvalue weighted by atomic mass is 32.2. The van der Waals surface area contributed by atoms with Crippen LogP contribution in [0.15, 0.2) is 23.1 Å². The number of rotatable bonds is 7. The predicted octanol–water partition coefficient (Wildman–Crippen LogP) is 2.04. The number of benzene rings is 1. The molecule has 0 saturated carbocycles. The van der Waals surface area contributed by atoms with Crippen molar-refractivity contribution in [1.29, 1.82) is 0 Å². The van der Waals surface area contributed by atoms with E-state index in [-0.39, 0.29) is 17.3 Å². The van der Waals surface area contributed by atoms with Crippen molar-refractivity contribution in [3.8, 4) is 11.5 Å². The molecule has 2 N–H and O–H groups in total. The molecule has 0 atom stereocenters. The number of unbranched alkanes of at least 4 members (excludes halogenated alkanes) is 1. The minimum absolute atomic E-state index is 0.111. The number of aromatic hydroxyl groups is 1. The van der Waals surface area contributed by atoms with Crippen molar-refractivity contribution >= 4 is 21.9 Å². The van der Waals surface area contributed by atoms with Crippen LogP contribution in [-0.2, 0) is 14.6 Å². The van der Waals surface area contributed by atoms with Gasteiger partial charge in [-0.1, -0.05) is 19.4 Å². The highest BCUT2D eigenvalue weighted by molar-refractivity contribution is 7.96. The lowest BCUT2D eigenvalue weighted by Gasteiger charge is -2.07. The second-order valence-electron chi connectivity index (χ2n) is 4.42. The topological polar surface area (TPSA) is 101 Å². The van der Waals surface area contributed by atoms with E-state index >= 15 is 0 Å². The summed E-state index contributed by atoms with van der Waals surface area (Å²) in [5.41, 5.74) is 0.321. The van der Waals surface area contributed by atoms with E-state index in [0.717, 1.165) is 6.08 Å². The number of carboxylic acids is 1. The van der Waals surface area contributed by atoms with Crippen molar-refractivity contribution in [2.45, 2.75) is 19.8 Å². The van der Waals surface area contributed by atoms with Gasteiger partial charge in [0.2, 0.25) is 0 Å². The van der Waals surface area contributed by atoms with Crippen molar-refractivity contribution in [2.24, 2.45) is 0 Å². The number of ether oxygens (including phenoxy) is 1. The molecule has 1 aromatic rings. The van der Waals surface area contributed by atoms with Crippen LogP contribution < -0.4 is 4.74 Å². The molecular formula is C14H18O6S. The molecule has 0 fully saturated rings. The number of phenolic OH excluding ortho intramolecular Hbond substituents is 1. The fourth-order valence-corrected chi connectivity index (χ4v) is 3.13. The van der Waals surface area contributed by atoms with Crippen LogP contribution in [0.3, 0.4) is 0 Å². The predicted molar refractivity (Wildman–Crippen MR) is 79.0 cm³/mol. The van der Waals surface area contributed by atoms with Gasteiger partial charge >= 0.3 is 5.97 Å². The first kappa shape index (κ1) is 17.0. The van der Waals surface area contributed by atoms with E-state index in [4.69, 9.17) is 9.84 Å². The molecule has 0 aliphatic heterocycles. The zero-order chi connectivity index (χ0) is 16.0. The lowest BCUT2D eigenvalue weighted by atomic mass is 10.2. The van der Waals surface area contributed by atoms with Gasteiger partial charge in [0, 0.05) is 0 Å². The monoisotopic (exact) mass is 314 g/mol. The molecule has 0 radical (unpaired) electrons. The Balaban J connectivity index is 3.26. The molecule has 0 saturated heterocycles. The summed E-state index contributed by atoms with van der Waals surface area (Å²) in [6, 6.07) is 4.09. The summed E-state index contributed by atoms with van der Waals surface area (Å²) in [6.07, 6.45) is 2.11. The molecule has 0 unspecified atom stereocenters. The van der Waals surface area contributed by atoms with E-state index in [1.165, 1.54) is 25.3 Å². The van der Waals surface area contributed by atoms with Gasteiger partial charge in [0.1, 0.15) is 0 Å². The second kappa shape index (κ2) is 7.12. The molecule has 0 heterocycles. The normalized spacial score (nSPS) is 12.2. The Bertz CT molecular complexity index is 645. The Morgan fingerprint density at radius 3 is 2.57 bits per heavy atom. The van der Waals surface area contributed by atoms with E-state index in [1.54, 1.807) is 0 Å². The Labute approximate surface area is 123 Å². The van der Waals surface area contributed by atoms with Gasteiger partial charge in [0.15, 0.2) is 26.2 Å². The van der Waals surface area contributed by atoms with Crippen molar-refractivity contribution in [3.63, 3.8) is 0 Å². The van der Waals surface area contributed by atoms with Crippen LogP contribution in [0.25, 0.3) is 6.08 Å². The molecule has 0 amide bonds. The summed E-state index contributed by atoms with van der Waals surface area (Å²) < 4.78 is 29.0. The van der Waals surface area contributed by atoms with Crippen LogP contribution in [-0.4, -0.2) is 37.5 Å². The molecule has 0 spiro atoms. The quantitative estimate of drug-likeness (QED) is 0.747. The standard InChI is InChI=1S/C14H18O6S/c1-3-4-7-21(18,19)13(14(16)17)9-10-5-6-11(15)12(8-10)20-2/h5-6,8-9,15H,3-4,7H2,1-2H3,(H,16,17)/b13-9-. The number of aliphatic carboxylic acids is 1. The lowest BCUT2D eigenvalue weighted by molar-refractivity contribution is -0.131. The van der Waals surface area contributed by atoms with E-state index in [9.17, 15) is 18.3 Å². The van der Waals surface area contributed by atoms with Crippen LogP contribution in [0.1, 0.15) is 25.3 Å². The van der Waals surface area contributed by atoms with Gasteiger partial charge in [0.25, 0.3) is 0 Å². The van der Waals surface area contributed by atoms with Crippen LogP contribution in [0.5, 0.6) is 11.5 Å². The van der Waals surface area contributed by atoms with Crippen LogP contribution >= 0.6 is 0 Å². The first-order valence-electron chi connectivity index (χ1n) is 6.36. The first-order chi connectivity index (χ1) is 9.81. The number of sulfone groups is 1. The molecule has 1 aromatic carbocycles. The van der Waals surface area contributed by atoms with Crippen LogP contribution in [0, 0.1) is 0 Å². The highest BCUT2D eigenvalue weighted by Crippen LogP contribution is 2.28. The number of carboxylic acid groups (broad SMARTS) is 1. The van der Waals surface area contributed by atoms with Gasteiger partial charge in [-0.15, -0.1) is 0 Å². The SMILES string of the molecule is CCCCS(=O)(=O)/C(=C\c1ccc(O)c(OC)c1)C(=O)O. The molecule has 0 aromatic heterocycles. The molecule has 1 rings (SSSR count). The molecule has 6 nitrogen and oxygen atoms in total. The maximum Gasteiger partial charge on any atom is 0.347 e. The van der Waals surface area contributed by atoms with E-state index < -0.39 is 20.7 Å². The van der Waals surface area contributed by atoms with Crippen molar-refractivity contribution in [3.05, 3.63) is 28.7 Å². The van der Waals surface area contributed by atoms with Crippen molar-refractivity contribution < 1.29 is 28.2 Å². The summed E-state index contributed by atoms with van der Waals surface area (Å²) in [6.45, 7) is 1.82. The molecule has 0 aliphatic carbocycles. The van der Waals surface area contributed by atoms with Crippen LogP contribution in [0.4, 0.5) is 0 Å². The lowest BCUT2D eigenvalue weighted by Crippen LogP contribution is -2.16. The Morgan fingerprint density at radius 2 is 2.05 bits per heavy atom. The number of hydrogen-bond acceptors (Lipinski definition) is 5. The fourth-order valence-electron chi connectivity index (χ4n) is 1.66. The third-order valence-corrected chi connectivity index (χ3v) is 4.60. The number of hydrogen-bond donors (Lipinski definition) is 2. The molecule has 116 valence electrons. The first-order valence-corrected chi connectivity index (χ1v) is 8.01. The van der Waals surface area contributed by atoms with Gasteiger partial charge in [0.05, 0.1) is 12.9 Å². The summed E-state index contributed by atoms with van der Waals surface area (Å²) in [5.74, 6) is -1.69. The summed E-state index contributed by atoms with van der Waals surface area (Å²) in [7, 11) is -2.51. The summed E-state index contributed by atoms with van der Waals surface area (Å²) in [4.78, 5) is 10.5. The van der Waals surface area contributed by atoms with E-state index in [0.29, 0.717) is 18.4 Å². The van der Waals surface area contributed by atoms with E-state index in [1.807, 2.05) is 6.92 Å². The number of phenols is 1. The average molecular weight is 314 g/mol. The summed E-state index contributed by atoms with van der Waals surface area (Å²) >= 11 is 0. The van der Waals surface area contributed by atoms with Crippen molar-refractivity contribution in [1.82, 2.24) is 0 Å². The second-order valence-corrected chi connectivity index (χ2v) is 6.50. The number of carbonyl (C=O) groups is 1. The van der Waals surface area contributed by atoms with Gasteiger partial charge < -0.3 is 14.9 Å². The van der Waals surface area contributed by atoms with Gasteiger partial charge in [-0.25, -0.2) is 13.2 Å². The van der Waals surface area contributed by atoms with E-state index in [2.05, 4.69) is 0 Å². The minimum Gasteiger partial charge on any atom is -0.504 e. The Morgan fingerprint density at radius 1 is 1.38 bits per heavy atom. The molecule has 0 aliphatic rings. The average Bonchev–Trinajstić information content (AvgIpc) is 2.43. The van der Waals surface area contributed by atoms with Crippen molar-refractivity contribution in [2.75, 3.05) is 12.9 Å². The van der Waals surface area contributed by atoms with Gasteiger partial charge in [-0.05, 0) is 30.2 Å². The number of methoxy groups -OCH3 is 1. The maximum absolute atomic E-state index is 12.0.